The van der Waals surface area contributed by atoms with Gasteiger partial charge in [-0.15, -0.1) is 0 Å². The first kappa shape index (κ1) is 14.4. The standard InChI is InChI=1S/C14H18O4/c1-2-11-5-3-4-6-12(11)7-8-14(17)18-10-13(16)9-15/h3-8,13,15-16H,2,9-10H2,1H3. The SMILES string of the molecule is CCc1ccccc1C=CC(=O)OCC(O)CO. The van der Waals surface area contributed by atoms with Crippen LogP contribution in [0.3, 0.4) is 0 Å². The van der Waals surface area contributed by atoms with Crippen molar-refractivity contribution in [1.82, 2.24) is 0 Å². The molecule has 0 aliphatic rings. The van der Waals surface area contributed by atoms with Crippen molar-refractivity contribution in [3.05, 3.63) is 41.5 Å². The summed E-state index contributed by atoms with van der Waals surface area (Å²) < 4.78 is 4.75. The first-order chi connectivity index (χ1) is 8.67. The van der Waals surface area contributed by atoms with Gasteiger partial charge in [0.15, 0.2) is 0 Å². The fourth-order valence-electron chi connectivity index (χ4n) is 1.46. The summed E-state index contributed by atoms with van der Waals surface area (Å²) in [6.07, 6.45) is 2.87. The Kier molecular flexibility index (Phi) is 6.11. The van der Waals surface area contributed by atoms with E-state index in [1.54, 1.807) is 6.08 Å². The van der Waals surface area contributed by atoms with Gasteiger partial charge >= 0.3 is 5.97 Å². The van der Waals surface area contributed by atoms with Crippen LogP contribution in [-0.2, 0) is 16.0 Å². The summed E-state index contributed by atoms with van der Waals surface area (Å²) >= 11 is 0. The van der Waals surface area contributed by atoms with Gasteiger partial charge in [-0.3, -0.25) is 0 Å². The van der Waals surface area contributed by atoms with Gasteiger partial charge in [0.25, 0.3) is 0 Å². The summed E-state index contributed by atoms with van der Waals surface area (Å²) in [5.41, 5.74) is 2.12. The minimum Gasteiger partial charge on any atom is -0.460 e. The minimum absolute atomic E-state index is 0.199. The number of aryl methyl sites for hydroxylation is 1. The highest BCUT2D eigenvalue weighted by Gasteiger charge is 2.05. The molecule has 4 nitrogen and oxygen atoms in total. The lowest BCUT2D eigenvalue weighted by Crippen LogP contribution is -2.21. The normalized spacial score (nSPS) is 12.6. The molecule has 1 unspecified atom stereocenters. The topological polar surface area (TPSA) is 66.8 Å². The van der Waals surface area contributed by atoms with Gasteiger partial charge in [-0.05, 0) is 23.6 Å². The molecule has 98 valence electrons. The quantitative estimate of drug-likeness (QED) is 0.587. The summed E-state index contributed by atoms with van der Waals surface area (Å²) in [5.74, 6) is -0.534. The fourth-order valence-corrected chi connectivity index (χ4v) is 1.46. The number of hydrogen-bond acceptors (Lipinski definition) is 4. The highest BCUT2D eigenvalue weighted by atomic mass is 16.5. The Labute approximate surface area is 107 Å². The molecule has 0 heterocycles. The number of benzene rings is 1. The van der Waals surface area contributed by atoms with E-state index in [2.05, 4.69) is 0 Å². The second-order valence-corrected chi connectivity index (χ2v) is 3.85. The largest absolute Gasteiger partial charge is 0.460 e. The molecule has 0 amide bonds. The van der Waals surface area contributed by atoms with Crippen LogP contribution in [0.2, 0.25) is 0 Å². The first-order valence-electron chi connectivity index (χ1n) is 5.89. The van der Waals surface area contributed by atoms with Crippen molar-refractivity contribution < 1.29 is 19.7 Å². The van der Waals surface area contributed by atoms with E-state index in [-0.39, 0.29) is 6.61 Å². The van der Waals surface area contributed by atoms with Crippen LogP contribution < -0.4 is 0 Å². The Morgan fingerprint density at radius 2 is 2.17 bits per heavy atom. The fraction of sp³-hybridized carbons (Fsp3) is 0.357. The molecule has 0 spiro atoms. The summed E-state index contributed by atoms with van der Waals surface area (Å²) in [4.78, 5) is 11.3. The van der Waals surface area contributed by atoms with Crippen LogP contribution >= 0.6 is 0 Å². The molecule has 4 heteroatoms. The summed E-state index contributed by atoms with van der Waals surface area (Å²) in [6.45, 7) is 1.42. The van der Waals surface area contributed by atoms with Gasteiger partial charge in [-0.2, -0.15) is 0 Å². The number of carbonyl (C=O) groups is 1. The molecule has 0 aliphatic carbocycles. The van der Waals surface area contributed by atoms with Gasteiger partial charge in [0.2, 0.25) is 0 Å². The van der Waals surface area contributed by atoms with E-state index < -0.39 is 18.7 Å². The number of ether oxygens (including phenoxy) is 1. The van der Waals surface area contributed by atoms with Gasteiger partial charge in [0, 0.05) is 6.08 Å². The molecule has 0 radical (unpaired) electrons. The average molecular weight is 250 g/mol. The maximum Gasteiger partial charge on any atom is 0.330 e. The minimum atomic E-state index is -1.02. The molecule has 0 fully saturated rings. The number of aliphatic hydroxyl groups excluding tert-OH is 2. The summed E-state index contributed by atoms with van der Waals surface area (Å²) in [7, 11) is 0. The Morgan fingerprint density at radius 3 is 2.83 bits per heavy atom. The molecule has 2 N–H and O–H groups in total. The molecule has 1 atom stereocenters. The third kappa shape index (κ3) is 4.69. The molecule has 0 aliphatic heterocycles. The van der Waals surface area contributed by atoms with Crippen molar-refractivity contribution in [3.63, 3.8) is 0 Å². The Hall–Kier alpha value is -1.65. The molecule has 0 saturated heterocycles. The number of hydrogen-bond donors (Lipinski definition) is 2. The molecular weight excluding hydrogens is 232 g/mol. The lowest BCUT2D eigenvalue weighted by Gasteiger charge is -2.06. The van der Waals surface area contributed by atoms with Gasteiger partial charge in [0.1, 0.15) is 12.7 Å². The van der Waals surface area contributed by atoms with Crippen molar-refractivity contribution >= 4 is 12.0 Å². The monoisotopic (exact) mass is 250 g/mol. The summed E-state index contributed by atoms with van der Waals surface area (Å²) in [5, 5.41) is 17.6. The third-order valence-electron chi connectivity index (χ3n) is 2.46. The van der Waals surface area contributed by atoms with E-state index in [0.29, 0.717) is 0 Å². The van der Waals surface area contributed by atoms with Crippen LogP contribution in [0.15, 0.2) is 30.3 Å². The molecule has 1 aromatic rings. The van der Waals surface area contributed by atoms with Crippen LogP contribution in [0.5, 0.6) is 0 Å². The second kappa shape index (κ2) is 7.63. The Balaban J connectivity index is 2.55. The zero-order valence-corrected chi connectivity index (χ0v) is 10.4. The highest BCUT2D eigenvalue weighted by molar-refractivity contribution is 5.87. The third-order valence-corrected chi connectivity index (χ3v) is 2.46. The maximum absolute atomic E-state index is 11.3. The van der Waals surface area contributed by atoms with Gasteiger partial charge in [0.05, 0.1) is 6.61 Å². The Bertz CT molecular complexity index is 412. The van der Waals surface area contributed by atoms with Crippen LogP contribution in [0, 0.1) is 0 Å². The van der Waals surface area contributed by atoms with E-state index >= 15 is 0 Å². The molecular formula is C14H18O4. The highest BCUT2D eigenvalue weighted by Crippen LogP contribution is 2.11. The average Bonchev–Trinajstić information content (AvgIpc) is 2.42. The van der Waals surface area contributed by atoms with Crippen molar-refractivity contribution in [2.75, 3.05) is 13.2 Å². The van der Waals surface area contributed by atoms with Crippen LogP contribution in [0.1, 0.15) is 18.1 Å². The van der Waals surface area contributed by atoms with Crippen LogP contribution in [0.25, 0.3) is 6.08 Å². The number of esters is 1. The van der Waals surface area contributed by atoms with Crippen LogP contribution in [0.4, 0.5) is 0 Å². The molecule has 0 aromatic heterocycles. The zero-order valence-electron chi connectivity index (χ0n) is 10.4. The van der Waals surface area contributed by atoms with E-state index in [1.807, 2.05) is 31.2 Å². The van der Waals surface area contributed by atoms with E-state index in [9.17, 15) is 4.79 Å². The van der Waals surface area contributed by atoms with Crippen LogP contribution in [-0.4, -0.2) is 35.5 Å². The number of aliphatic hydroxyl groups is 2. The van der Waals surface area contributed by atoms with Crippen molar-refractivity contribution in [2.24, 2.45) is 0 Å². The second-order valence-electron chi connectivity index (χ2n) is 3.85. The van der Waals surface area contributed by atoms with Crippen molar-refractivity contribution in [1.29, 1.82) is 0 Å². The molecule has 0 saturated carbocycles. The number of carbonyl (C=O) groups excluding carboxylic acids is 1. The molecule has 0 bridgehead atoms. The molecule has 1 rings (SSSR count). The predicted molar refractivity (Wildman–Crippen MR) is 68.9 cm³/mol. The lowest BCUT2D eigenvalue weighted by atomic mass is 10.1. The lowest BCUT2D eigenvalue weighted by molar-refractivity contribution is -0.141. The van der Waals surface area contributed by atoms with Crippen molar-refractivity contribution in [2.45, 2.75) is 19.4 Å². The van der Waals surface area contributed by atoms with E-state index in [4.69, 9.17) is 14.9 Å². The van der Waals surface area contributed by atoms with E-state index in [0.717, 1.165) is 17.5 Å². The predicted octanol–water partition coefficient (Wildman–Crippen LogP) is 1.16. The van der Waals surface area contributed by atoms with Gasteiger partial charge in [-0.1, -0.05) is 31.2 Å². The Morgan fingerprint density at radius 1 is 1.44 bits per heavy atom. The van der Waals surface area contributed by atoms with Gasteiger partial charge in [-0.25, -0.2) is 4.79 Å². The first-order valence-corrected chi connectivity index (χ1v) is 5.89. The molecule has 1 aromatic carbocycles. The van der Waals surface area contributed by atoms with Crippen molar-refractivity contribution in [3.8, 4) is 0 Å². The zero-order chi connectivity index (χ0) is 13.4. The van der Waals surface area contributed by atoms with Gasteiger partial charge < -0.3 is 14.9 Å². The van der Waals surface area contributed by atoms with E-state index in [1.165, 1.54) is 6.08 Å². The summed E-state index contributed by atoms with van der Waals surface area (Å²) in [6, 6.07) is 7.78. The smallest absolute Gasteiger partial charge is 0.330 e. The maximum atomic E-state index is 11.3. The molecule has 18 heavy (non-hydrogen) atoms. The number of rotatable bonds is 6.